The molecular formula is C15H17NO3. The van der Waals surface area contributed by atoms with Crippen LogP contribution in [0.3, 0.4) is 0 Å². The van der Waals surface area contributed by atoms with Crippen LogP contribution in [0.5, 0.6) is 0 Å². The largest absolute Gasteiger partial charge is 0.461 e. The molecule has 1 aromatic heterocycles. The van der Waals surface area contributed by atoms with E-state index in [1.54, 1.807) is 6.92 Å². The van der Waals surface area contributed by atoms with Crippen LogP contribution in [-0.2, 0) is 17.6 Å². The Morgan fingerprint density at radius 2 is 2.00 bits per heavy atom. The molecule has 2 rings (SSSR count). The fraction of sp³-hybridized carbons (Fsp3) is 0.333. The van der Waals surface area contributed by atoms with Gasteiger partial charge in [0.05, 0.1) is 6.61 Å². The van der Waals surface area contributed by atoms with Gasteiger partial charge in [-0.25, -0.2) is 9.78 Å². The van der Waals surface area contributed by atoms with E-state index in [-0.39, 0.29) is 5.69 Å². The van der Waals surface area contributed by atoms with Crippen LogP contribution in [0.15, 0.2) is 35.1 Å². The topological polar surface area (TPSA) is 52.3 Å². The predicted molar refractivity (Wildman–Crippen MR) is 71.0 cm³/mol. The molecule has 0 atom stereocenters. The number of rotatable bonds is 5. The summed E-state index contributed by atoms with van der Waals surface area (Å²) in [5.41, 5.74) is 2.72. The normalized spacial score (nSPS) is 10.4. The van der Waals surface area contributed by atoms with Gasteiger partial charge in [-0.15, -0.1) is 0 Å². The lowest BCUT2D eigenvalue weighted by Crippen LogP contribution is -2.08. The molecule has 1 heterocycles. The number of oxazole rings is 1. The van der Waals surface area contributed by atoms with Crippen molar-refractivity contribution >= 4 is 5.97 Å². The Morgan fingerprint density at radius 3 is 2.68 bits per heavy atom. The van der Waals surface area contributed by atoms with Gasteiger partial charge < -0.3 is 9.15 Å². The summed E-state index contributed by atoms with van der Waals surface area (Å²) in [6.07, 6.45) is 2.73. The van der Waals surface area contributed by atoms with Gasteiger partial charge in [0.1, 0.15) is 5.76 Å². The molecule has 0 aliphatic heterocycles. The second-order valence-corrected chi connectivity index (χ2v) is 4.33. The van der Waals surface area contributed by atoms with Gasteiger partial charge in [-0.1, -0.05) is 29.8 Å². The van der Waals surface area contributed by atoms with E-state index < -0.39 is 5.97 Å². The Morgan fingerprint density at radius 1 is 1.26 bits per heavy atom. The number of esters is 1. The Kier molecular flexibility index (Phi) is 4.34. The van der Waals surface area contributed by atoms with Gasteiger partial charge in [0.2, 0.25) is 0 Å². The molecule has 1 aromatic carbocycles. The summed E-state index contributed by atoms with van der Waals surface area (Å²) in [7, 11) is 0. The smallest absolute Gasteiger partial charge is 0.360 e. The minimum Gasteiger partial charge on any atom is -0.461 e. The van der Waals surface area contributed by atoms with Crippen molar-refractivity contribution in [3.63, 3.8) is 0 Å². The summed E-state index contributed by atoms with van der Waals surface area (Å²) >= 11 is 0. The van der Waals surface area contributed by atoms with Crippen molar-refractivity contribution in [1.29, 1.82) is 0 Å². The summed E-state index contributed by atoms with van der Waals surface area (Å²) < 4.78 is 10.2. The number of nitrogens with zero attached hydrogens (tertiary/aromatic N) is 1. The van der Waals surface area contributed by atoms with Gasteiger partial charge in [0.15, 0.2) is 12.1 Å². The van der Waals surface area contributed by atoms with E-state index in [2.05, 4.69) is 36.2 Å². The number of carbonyl (C=O) groups excluding carboxylic acids is 1. The van der Waals surface area contributed by atoms with Gasteiger partial charge in [0.25, 0.3) is 0 Å². The van der Waals surface area contributed by atoms with Crippen LogP contribution in [0.2, 0.25) is 0 Å². The molecule has 0 spiro atoms. The molecule has 100 valence electrons. The van der Waals surface area contributed by atoms with Gasteiger partial charge in [0, 0.05) is 6.42 Å². The second kappa shape index (κ2) is 6.18. The maximum absolute atomic E-state index is 11.6. The van der Waals surface area contributed by atoms with Crippen LogP contribution in [0.4, 0.5) is 0 Å². The lowest BCUT2D eigenvalue weighted by molar-refractivity contribution is 0.0517. The number of hydrogen-bond acceptors (Lipinski definition) is 4. The monoisotopic (exact) mass is 259 g/mol. The molecule has 2 aromatic rings. The lowest BCUT2D eigenvalue weighted by atomic mass is 10.1. The molecule has 4 heteroatoms. The first kappa shape index (κ1) is 13.3. The van der Waals surface area contributed by atoms with Crippen LogP contribution in [0.1, 0.15) is 34.3 Å². The molecular weight excluding hydrogens is 242 g/mol. The highest BCUT2D eigenvalue weighted by atomic mass is 16.5. The zero-order valence-electron chi connectivity index (χ0n) is 11.2. The average molecular weight is 259 g/mol. The van der Waals surface area contributed by atoms with Crippen LogP contribution >= 0.6 is 0 Å². The van der Waals surface area contributed by atoms with Crippen molar-refractivity contribution in [2.24, 2.45) is 0 Å². The minimum atomic E-state index is -0.421. The van der Waals surface area contributed by atoms with Gasteiger partial charge in [-0.3, -0.25) is 0 Å². The molecule has 0 aliphatic rings. The zero-order chi connectivity index (χ0) is 13.7. The number of aromatic nitrogens is 1. The molecule has 0 N–H and O–H groups in total. The van der Waals surface area contributed by atoms with Crippen LogP contribution in [0.25, 0.3) is 0 Å². The molecule has 0 saturated carbocycles. The van der Waals surface area contributed by atoms with E-state index >= 15 is 0 Å². The number of ether oxygens (including phenoxy) is 1. The van der Waals surface area contributed by atoms with Crippen LogP contribution in [0, 0.1) is 6.92 Å². The van der Waals surface area contributed by atoms with E-state index in [4.69, 9.17) is 9.15 Å². The summed E-state index contributed by atoms with van der Waals surface area (Å²) in [5, 5.41) is 0. The number of aryl methyl sites for hydroxylation is 3. The standard InChI is InChI=1S/C15H17NO3/c1-3-18-15(17)14-13(19-10-16-14)9-8-12-6-4-11(2)5-7-12/h4-7,10H,3,8-9H2,1-2H3. The first-order chi connectivity index (χ1) is 9.20. The van der Waals surface area contributed by atoms with Crippen molar-refractivity contribution in [2.75, 3.05) is 6.61 Å². The second-order valence-electron chi connectivity index (χ2n) is 4.33. The number of hydrogen-bond donors (Lipinski definition) is 0. The Hall–Kier alpha value is -2.10. The van der Waals surface area contributed by atoms with Crippen molar-refractivity contribution in [1.82, 2.24) is 4.98 Å². The van der Waals surface area contributed by atoms with Crippen molar-refractivity contribution in [3.8, 4) is 0 Å². The number of benzene rings is 1. The highest BCUT2D eigenvalue weighted by molar-refractivity contribution is 5.88. The highest BCUT2D eigenvalue weighted by Gasteiger charge is 2.17. The minimum absolute atomic E-state index is 0.286. The summed E-state index contributed by atoms with van der Waals surface area (Å²) in [6.45, 7) is 4.16. The fourth-order valence-corrected chi connectivity index (χ4v) is 1.83. The summed E-state index contributed by atoms with van der Waals surface area (Å²) in [4.78, 5) is 15.6. The molecule has 0 bridgehead atoms. The summed E-state index contributed by atoms with van der Waals surface area (Å²) in [6, 6.07) is 8.30. The Labute approximate surface area is 112 Å². The van der Waals surface area contributed by atoms with Crippen LogP contribution in [-0.4, -0.2) is 17.6 Å². The van der Waals surface area contributed by atoms with Gasteiger partial charge in [-0.05, 0) is 25.8 Å². The molecule has 19 heavy (non-hydrogen) atoms. The zero-order valence-corrected chi connectivity index (χ0v) is 11.2. The fourth-order valence-electron chi connectivity index (χ4n) is 1.83. The van der Waals surface area contributed by atoms with Crippen molar-refractivity contribution in [2.45, 2.75) is 26.7 Å². The van der Waals surface area contributed by atoms with Crippen LogP contribution < -0.4 is 0 Å². The average Bonchev–Trinajstić information content (AvgIpc) is 2.87. The molecule has 0 fully saturated rings. The van der Waals surface area contributed by atoms with E-state index in [0.29, 0.717) is 18.8 Å². The third-order valence-electron chi connectivity index (χ3n) is 2.87. The molecule has 0 radical (unpaired) electrons. The van der Waals surface area contributed by atoms with E-state index in [9.17, 15) is 4.79 Å². The molecule has 0 saturated heterocycles. The SMILES string of the molecule is CCOC(=O)c1ncoc1CCc1ccc(C)cc1. The summed E-state index contributed by atoms with van der Waals surface area (Å²) in [5.74, 6) is 0.161. The predicted octanol–water partition coefficient (Wildman–Crippen LogP) is 2.94. The maximum atomic E-state index is 11.6. The Balaban J connectivity index is 2.02. The highest BCUT2D eigenvalue weighted by Crippen LogP contribution is 2.13. The first-order valence-corrected chi connectivity index (χ1v) is 6.35. The molecule has 0 unspecified atom stereocenters. The van der Waals surface area contributed by atoms with E-state index in [0.717, 1.165) is 6.42 Å². The van der Waals surface area contributed by atoms with Gasteiger partial charge >= 0.3 is 5.97 Å². The van der Waals surface area contributed by atoms with Gasteiger partial charge in [-0.2, -0.15) is 0 Å². The van der Waals surface area contributed by atoms with Crippen molar-refractivity contribution in [3.05, 3.63) is 53.2 Å². The van der Waals surface area contributed by atoms with E-state index in [1.807, 2.05) is 0 Å². The van der Waals surface area contributed by atoms with Crippen molar-refractivity contribution < 1.29 is 13.9 Å². The molecule has 0 aliphatic carbocycles. The maximum Gasteiger partial charge on any atom is 0.360 e. The molecule has 0 amide bonds. The lowest BCUT2D eigenvalue weighted by Gasteiger charge is -2.02. The third kappa shape index (κ3) is 3.44. The Bertz CT molecular complexity index is 543. The quantitative estimate of drug-likeness (QED) is 0.775. The molecule has 4 nitrogen and oxygen atoms in total. The number of carbonyl (C=O) groups is 1. The van der Waals surface area contributed by atoms with E-state index in [1.165, 1.54) is 17.5 Å². The first-order valence-electron chi connectivity index (χ1n) is 6.35. The third-order valence-corrected chi connectivity index (χ3v) is 2.87.